The minimum Gasteiger partial charge on any atom is -0.462 e. The smallest absolute Gasteiger partial charge is 0.342 e. The third-order valence-corrected chi connectivity index (χ3v) is 6.37. The maximum Gasteiger partial charge on any atom is 0.342 e. The number of ether oxygens (including phenoxy) is 1. The van der Waals surface area contributed by atoms with E-state index < -0.39 is 16.0 Å². The van der Waals surface area contributed by atoms with Crippen LogP contribution in [0.2, 0.25) is 5.02 Å². The van der Waals surface area contributed by atoms with Gasteiger partial charge < -0.3 is 4.74 Å². The van der Waals surface area contributed by atoms with E-state index in [0.29, 0.717) is 21.8 Å². The number of hydrogen-bond donors (Lipinski definition) is 1. The maximum atomic E-state index is 12.5. The monoisotopic (exact) mass is 397 g/mol. The molecule has 7 nitrogen and oxygen atoms in total. The molecule has 0 radical (unpaired) electrons. The largest absolute Gasteiger partial charge is 0.462 e. The number of nitrogens with one attached hydrogen (secondary N) is 1. The lowest BCUT2D eigenvalue weighted by molar-refractivity contribution is 0.0526. The number of H-pyrrole nitrogens is 1. The highest BCUT2D eigenvalue weighted by atomic mass is 35.5. The van der Waals surface area contributed by atoms with Crippen molar-refractivity contribution < 1.29 is 17.9 Å². The van der Waals surface area contributed by atoms with Gasteiger partial charge in [0.1, 0.15) is 11.3 Å². The van der Waals surface area contributed by atoms with Crippen molar-refractivity contribution in [2.45, 2.75) is 30.6 Å². The normalized spacial score (nSPS) is 14.7. The molecule has 1 aromatic carbocycles. The fourth-order valence-corrected chi connectivity index (χ4v) is 3.82. The first kappa shape index (κ1) is 18.9. The molecule has 0 bridgehead atoms. The van der Waals surface area contributed by atoms with E-state index in [2.05, 4.69) is 10.2 Å². The molecule has 0 saturated heterocycles. The summed E-state index contributed by atoms with van der Waals surface area (Å²) in [5.74, 6) is -0.252. The molecular formula is C17H20ClN3O4S. The first-order chi connectivity index (χ1) is 12.3. The Kier molecular flexibility index (Phi) is 5.09. The van der Waals surface area contributed by atoms with Crippen LogP contribution in [0.15, 0.2) is 23.1 Å². The molecule has 1 heterocycles. The van der Waals surface area contributed by atoms with Crippen LogP contribution in [-0.2, 0) is 14.8 Å². The van der Waals surface area contributed by atoms with Gasteiger partial charge in [0.2, 0.25) is 10.0 Å². The second kappa shape index (κ2) is 7.02. The lowest BCUT2D eigenvalue weighted by atomic mass is 10.0. The van der Waals surface area contributed by atoms with Gasteiger partial charge in [0.05, 0.1) is 22.2 Å². The molecule has 1 N–H and O–H groups in total. The summed E-state index contributed by atoms with van der Waals surface area (Å²) in [7, 11) is -0.741. The molecule has 1 aromatic heterocycles. The average molecular weight is 398 g/mol. The zero-order valence-corrected chi connectivity index (χ0v) is 16.3. The van der Waals surface area contributed by atoms with Crippen LogP contribution in [-0.4, -0.2) is 49.6 Å². The van der Waals surface area contributed by atoms with Crippen molar-refractivity contribution in [3.05, 3.63) is 34.5 Å². The average Bonchev–Trinajstić information content (AvgIpc) is 3.34. The molecular weight excluding hydrogens is 378 g/mol. The van der Waals surface area contributed by atoms with Crippen LogP contribution in [0.25, 0.3) is 11.3 Å². The lowest BCUT2D eigenvalue weighted by Crippen LogP contribution is -2.22. The number of aromatic nitrogens is 2. The number of sulfonamides is 1. The minimum absolute atomic E-state index is 0.0766. The summed E-state index contributed by atoms with van der Waals surface area (Å²) in [6.45, 7) is 1.96. The van der Waals surface area contributed by atoms with Gasteiger partial charge in [-0.3, -0.25) is 5.10 Å². The van der Waals surface area contributed by atoms with Gasteiger partial charge in [0, 0.05) is 25.6 Å². The van der Waals surface area contributed by atoms with E-state index in [1.807, 2.05) is 0 Å². The molecule has 0 atom stereocenters. The summed E-state index contributed by atoms with van der Waals surface area (Å²) in [5.41, 5.74) is 1.73. The molecule has 9 heteroatoms. The predicted molar refractivity (Wildman–Crippen MR) is 97.8 cm³/mol. The first-order valence-corrected chi connectivity index (χ1v) is 10.1. The van der Waals surface area contributed by atoms with Crippen molar-refractivity contribution >= 4 is 27.6 Å². The number of hydrogen-bond acceptors (Lipinski definition) is 5. The Balaban J connectivity index is 2.16. The summed E-state index contributed by atoms with van der Waals surface area (Å²) in [6.07, 6.45) is 1.94. The van der Waals surface area contributed by atoms with E-state index in [0.717, 1.165) is 22.8 Å². The van der Waals surface area contributed by atoms with Gasteiger partial charge in [-0.2, -0.15) is 5.10 Å². The molecule has 2 aromatic rings. The van der Waals surface area contributed by atoms with Crippen LogP contribution in [0.3, 0.4) is 0 Å². The molecule has 1 aliphatic carbocycles. The van der Waals surface area contributed by atoms with Gasteiger partial charge in [0.15, 0.2) is 0 Å². The highest BCUT2D eigenvalue weighted by molar-refractivity contribution is 7.89. The van der Waals surface area contributed by atoms with E-state index in [1.54, 1.807) is 6.92 Å². The van der Waals surface area contributed by atoms with E-state index in [9.17, 15) is 13.2 Å². The standard InChI is InChI=1S/C17H20ClN3O4S/c1-4-25-17(22)14-15(10-5-6-10)19-20-16(14)12-9-11(7-8-13(12)18)26(23,24)21(2)3/h7-10H,4-6H2,1-3H3,(H,19,20). The van der Waals surface area contributed by atoms with Crippen molar-refractivity contribution in [2.24, 2.45) is 0 Å². The van der Waals surface area contributed by atoms with Crippen LogP contribution >= 0.6 is 11.6 Å². The molecule has 3 rings (SSSR count). The van der Waals surface area contributed by atoms with E-state index in [-0.39, 0.29) is 17.4 Å². The van der Waals surface area contributed by atoms with E-state index in [4.69, 9.17) is 16.3 Å². The maximum absolute atomic E-state index is 12.5. The number of carbonyl (C=O) groups is 1. The summed E-state index contributed by atoms with van der Waals surface area (Å²) < 4.78 is 31.2. The minimum atomic E-state index is -3.64. The van der Waals surface area contributed by atoms with Gasteiger partial charge in [0.25, 0.3) is 0 Å². The molecule has 1 aliphatic rings. The molecule has 0 aliphatic heterocycles. The Labute approximate surface area is 157 Å². The Hall–Kier alpha value is -1.90. The van der Waals surface area contributed by atoms with Crippen molar-refractivity contribution in [3.63, 3.8) is 0 Å². The quantitative estimate of drug-likeness (QED) is 0.756. The lowest BCUT2D eigenvalue weighted by Gasteiger charge is -2.13. The third kappa shape index (κ3) is 3.36. The van der Waals surface area contributed by atoms with Gasteiger partial charge >= 0.3 is 5.97 Å². The van der Waals surface area contributed by atoms with Gasteiger partial charge in [-0.15, -0.1) is 0 Å². The van der Waals surface area contributed by atoms with Crippen LogP contribution in [0.5, 0.6) is 0 Å². The molecule has 1 fully saturated rings. The second-order valence-corrected chi connectivity index (χ2v) is 8.84. The summed E-state index contributed by atoms with van der Waals surface area (Å²) in [4.78, 5) is 12.6. The highest BCUT2D eigenvalue weighted by Gasteiger charge is 2.34. The topological polar surface area (TPSA) is 92.4 Å². The van der Waals surface area contributed by atoms with Crippen molar-refractivity contribution in [2.75, 3.05) is 20.7 Å². The molecule has 140 valence electrons. The number of benzene rings is 1. The summed E-state index contributed by atoms with van der Waals surface area (Å²) in [6, 6.07) is 4.36. The Bertz CT molecular complexity index is 949. The number of rotatable bonds is 6. The number of nitrogens with zero attached hydrogens (tertiary/aromatic N) is 2. The van der Waals surface area contributed by atoms with Crippen molar-refractivity contribution in [1.29, 1.82) is 0 Å². The Morgan fingerprint density at radius 1 is 1.38 bits per heavy atom. The number of halogens is 1. The number of carbonyl (C=O) groups excluding carboxylic acids is 1. The fourth-order valence-electron chi connectivity index (χ4n) is 2.68. The summed E-state index contributed by atoms with van der Waals surface area (Å²) in [5, 5.41) is 7.48. The zero-order chi connectivity index (χ0) is 19.1. The van der Waals surface area contributed by atoms with Crippen LogP contribution in [0, 0.1) is 0 Å². The number of esters is 1. The first-order valence-electron chi connectivity index (χ1n) is 8.25. The SMILES string of the molecule is CCOC(=O)c1c(-c2cc(S(=O)(=O)N(C)C)ccc2Cl)n[nH]c1C1CC1. The van der Waals surface area contributed by atoms with Crippen molar-refractivity contribution in [3.8, 4) is 11.3 Å². The molecule has 1 saturated carbocycles. The van der Waals surface area contributed by atoms with Gasteiger partial charge in [-0.05, 0) is 38.0 Å². The van der Waals surface area contributed by atoms with Crippen LogP contribution in [0.1, 0.15) is 41.7 Å². The zero-order valence-electron chi connectivity index (χ0n) is 14.7. The Morgan fingerprint density at radius 2 is 2.08 bits per heavy atom. The van der Waals surface area contributed by atoms with Crippen molar-refractivity contribution in [1.82, 2.24) is 14.5 Å². The predicted octanol–water partition coefficient (Wildman–Crippen LogP) is 3.03. The molecule has 26 heavy (non-hydrogen) atoms. The molecule has 0 spiro atoms. The number of aromatic amines is 1. The van der Waals surface area contributed by atoms with Gasteiger partial charge in [-0.25, -0.2) is 17.5 Å². The van der Waals surface area contributed by atoms with Crippen LogP contribution in [0.4, 0.5) is 0 Å². The summed E-state index contributed by atoms with van der Waals surface area (Å²) >= 11 is 6.30. The van der Waals surface area contributed by atoms with E-state index >= 15 is 0 Å². The molecule has 0 unspecified atom stereocenters. The van der Waals surface area contributed by atoms with Gasteiger partial charge in [-0.1, -0.05) is 11.6 Å². The third-order valence-electron chi connectivity index (χ3n) is 4.23. The van der Waals surface area contributed by atoms with E-state index in [1.165, 1.54) is 32.3 Å². The highest BCUT2D eigenvalue weighted by Crippen LogP contribution is 2.43. The fraction of sp³-hybridized carbons (Fsp3) is 0.412. The molecule has 0 amide bonds. The second-order valence-electron chi connectivity index (χ2n) is 6.28. The Morgan fingerprint density at radius 3 is 2.65 bits per heavy atom. The van der Waals surface area contributed by atoms with Crippen LogP contribution < -0.4 is 0 Å².